The molecule has 1 saturated heterocycles. The summed E-state index contributed by atoms with van der Waals surface area (Å²) in [6, 6.07) is 6.60. The summed E-state index contributed by atoms with van der Waals surface area (Å²) in [6.45, 7) is 8.81. The monoisotopic (exact) mass is 427 g/mol. The molecule has 0 bridgehead atoms. The van der Waals surface area contributed by atoms with Crippen LogP contribution in [-0.4, -0.2) is 83.0 Å². The van der Waals surface area contributed by atoms with E-state index >= 15 is 0 Å². The second-order valence-corrected chi connectivity index (χ2v) is 9.17. The Labute approximate surface area is 173 Å². The largest absolute Gasteiger partial charge is 0.387 e. The zero-order valence-corrected chi connectivity index (χ0v) is 18.3. The molecule has 0 aromatic heterocycles. The van der Waals surface area contributed by atoms with Crippen LogP contribution in [-0.2, 0) is 21.3 Å². The van der Waals surface area contributed by atoms with Gasteiger partial charge in [-0.3, -0.25) is 4.90 Å². The Morgan fingerprint density at radius 1 is 1.24 bits per heavy atom. The van der Waals surface area contributed by atoms with Crippen LogP contribution in [0.5, 0.6) is 0 Å². The average Bonchev–Trinajstić information content (AvgIpc) is 2.71. The van der Waals surface area contributed by atoms with Gasteiger partial charge < -0.3 is 20.5 Å². The van der Waals surface area contributed by atoms with E-state index in [0.717, 1.165) is 18.7 Å². The number of hydrogen-bond acceptors (Lipinski definition) is 6. The van der Waals surface area contributed by atoms with Crippen molar-refractivity contribution in [3.05, 3.63) is 29.8 Å². The molecule has 2 rings (SSSR count). The van der Waals surface area contributed by atoms with Gasteiger partial charge in [-0.15, -0.1) is 0 Å². The molecule has 1 aliphatic heterocycles. The number of sulfonamides is 1. The number of benzene rings is 1. The number of ether oxygens (including phenoxy) is 1. The highest BCUT2D eigenvalue weighted by Gasteiger charge is 2.25. The first-order chi connectivity index (χ1) is 13.8. The lowest BCUT2D eigenvalue weighted by Crippen LogP contribution is -2.52. The Bertz CT molecular complexity index is 759. The molecular formula is C19H33N5O4S. The summed E-state index contributed by atoms with van der Waals surface area (Å²) in [5.41, 5.74) is -0.0196. The number of hydrogen-bond donors (Lipinski definition) is 4. The van der Waals surface area contributed by atoms with Gasteiger partial charge in [0.1, 0.15) is 0 Å². The number of β-amino-alcohol motifs (C(OH)–C–C–N with tert-alkyl or cyclic N) is 1. The van der Waals surface area contributed by atoms with E-state index in [1.165, 1.54) is 7.05 Å². The first-order valence-corrected chi connectivity index (χ1v) is 11.3. The van der Waals surface area contributed by atoms with Gasteiger partial charge in [-0.2, -0.15) is 0 Å². The molecule has 1 atom stereocenters. The van der Waals surface area contributed by atoms with Gasteiger partial charge in [0.15, 0.2) is 5.96 Å². The van der Waals surface area contributed by atoms with Gasteiger partial charge in [0.25, 0.3) is 0 Å². The third-order valence-electron chi connectivity index (χ3n) is 4.57. The predicted octanol–water partition coefficient (Wildman–Crippen LogP) is -0.267. The molecule has 1 aliphatic rings. The predicted molar refractivity (Wildman–Crippen MR) is 113 cm³/mol. The highest BCUT2D eigenvalue weighted by molar-refractivity contribution is 7.89. The highest BCUT2D eigenvalue weighted by atomic mass is 32.2. The third kappa shape index (κ3) is 7.90. The summed E-state index contributed by atoms with van der Waals surface area (Å²) in [5.74, 6) is 0.599. The van der Waals surface area contributed by atoms with Crippen LogP contribution >= 0.6 is 0 Å². The fraction of sp³-hybridized carbons (Fsp3) is 0.632. The molecule has 29 heavy (non-hydrogen) atoms. The molecule has 0 saturated carbocycles. The fourth-order valence-corrected chi connectivity index (χ4v) is 3.71. The van der Waals surface area contributed by atoms with Crippen molar-refractivity contribution in [3.8, 4) is 0 Å². The molecule has 0 radical (unpaired) electrons. The molecule has 4 N–H and O–H groups in total. The number of nitrogens with zero attached hydrogens (tertiary/aromatic N) is 2. The summed E-state index contributed by atoms with van der Waals surface area (Å²) >= 11 is 0. The standard InChI is InChI=1S/C19H33N5O4S/c1-4-21-18(23-14-19(2,25)15-24-9-11-28-12-10-24)22-13-16-5-7-17(8-6-16)29(26,27)20-3/h5-8,20,25H,4,9-15H2,1-3H3,(H2,21,22,23). The van der Waals surface area contributed by atoms with Crippen molar-refractivity contribution in [2.24, 2.45) is 4.99 Å². The Morgan fingerprint density at radius 3 is 2.48 bits per heavy atom. The lowest BCUT2D eigenvalue weighted by atomic mass is 10.1. The van der Waals surface area contributed by atoms with Gasteiger partial charge in [-0.1, -0.05) is 12.1 Å². The molecule has 10 heteroatoms. The molecule has 0 amide bonds. The van der Waals surface area contributed by atoms with Gasteiger partial charge in [0, 0.05) is 32.7 Å². The number of morpholine rings is 1. The maximum atomic E-state index is 11.8. The molecule has 0 spiro atoms. The number of aliphatic hydroxyl groups is 1. The Hall–Kier alpha value is -1.72. The van der Waals surface area contributed by atoms with Gasteiger partial charge in [-0.25, -0.2) is 18.1 Å². The molecule has 1 aromatic carbocycles. The maximum absolute atomic E-state index is 11.8. The van der Waals surface area contributed by atoms with Crippen LogP contribution in [0.25, 0.3) is 0 Å². The zero-order chi connectivity index (χ0) is 21.3. The maximum Gasteiger partial charge on any atom is 0.240 e. The first-order valence-electron chi connectivity index (χ1n) is 9.83. The van der Waals surface area contributed by atoms with E-state index in [4.69, 9.17) is 4.74 Å². The number of guanidine groups is 1. The molecule has 1 fully saturated rings. The summed E-state index contributed by atoms with van der Waals surface area (Å²) in [7, 11) is -2.06. The van der Waals surface area contributed by atoms with E-state index in [1.54, 1.807) is 31.2 Å². The van der Waals surface area contributed by atoms with Crippen molar-refractivity contribution in [2.75, 3.05) is 53.0 Å². The second-order valence-electron chi connectivity index (χ2n) is 7.29. The SMILES string of the molecule is CCNC(=NCc1ccc(S(=O)(=O)NC)cc1)NCC(C)(O)CN1CCOCC1. The molecular weight excluding hydrogens is 394 g/mol. The van der Waals surface area contributed by atoms with Crippen molar-refractivity contribution < 1.29 is 18.3 Å². The summed E-state index contributed by atoms with van der Waals surface area (Å²) in [5, 5.41) is 17.1. The van der Waals surface area contributed by atoms with Crippen LogP contribution < -0.4 is 15.4 Å². The number of aliphatic imine (C=N–C) groups is 1. The quantitative estimate of drug-likeness (QED) is 0.317. The van der Waals surface area contributed by atoms with Gasteiger partial charge in [0.05, 0.1) is 30.3 Å². The lowest BCUT2D eigenvalue weighted by Gasteiger charge is -2.34. The normalized spacial score (nSPS) is 18.3. The van der Waals surface area contributed by atoms with Crippen LogP contribution in [0.3, 0.4) is 0 Å². The average molecular weight is 428 g/mol. The second kappa shape index (κ2) is 10.9. The minimum Gasteiger partial charge on any atom is -0.387 e. The van der Waals surface area contributed by atoms with Crippen LogP contribution in [0.4, 0.5) is 0 Å². The number of nitrogens with one attached hydrogen (secondary N) is 3. The van der Waals surface area contributed by atoms with Crippen molar-refractivity contribution >= 4 is 16.0 Å². The topological polar surface area (TPSA) is 115 Å². The smallest absolute Gasteiger partial charge is 0.240 e. The fourth-order valence-electron chi connectivity index (χ4n) is 2.97. The summed E-state index contributed by atoms with van der Waals surface area (Å²) < 4.78 is 31.2. The molecule has 9 nitrogen and oxygen atoms in total. The van der Waals surface area contributed by atoms with Crippen LogP contribution in [0.15, 0.2) is 34.2 Å². The van der Waals surface area contributed by atoms with Crippen molar-refractivity contribution in [2.45, 2.75) is 30.9 Å². The van der Waals surface area contributed by atoms with E-state index in [1.807, 2.05) is 6.92 Å². The van der Waals surface area contributed by atoms with Crippen LogP contribution in [0, 0.1) is 0 Å². The molecule has 1 unspecified atom stereocenters. The molecule has 0 aliphatic carbocycles. The molecule has 1 heterocycles. The zero-order valence-electron chi connectivity index (χ0n) is 17.4. The van der Waals surface area contributed by atoms with E-state index in [2.05, 4.69) is 25.2 Å². The lowest BCUT2D eigenvalue weighted by molar-refractivity contribution is -0.0201. The van der Waals surface area contributed by atoms with E-state index in [-0.39, 0.29) is 4.90 Å². The van der Waals surface area contributed by atoms with E-state index in [9.17, 15) is 13.5 Å². The van der Waals surface area contributed by atoms with Gasteiger partial charge >= 0.3 is 0 Å². The van der Waals surface area contributed by atoms with Gasteiger partial charge in [0.2, 0.25) is 10.0 Å². The summed E-state index contributed by atoms with van der Waals surface area (Å²) in [4.78, 5) is 6.94. The Morgan fingerprint density at radius 2 is 1.90 bits per heavy atom. The van der Waals surface area contributed by atoms with Crippen molar-refractivity contribution in [1.82, 2.24) is 20.3 Å². The molecule has 164 valence electrons. The Balaban J connectivity index is 1.93. The van der Waals surface area contributed by atoms with Crippen LogP contribution in [0.1, 0.15) is 19.4 Å². The van der Waals surface area contributed by atoms with E-state index in [0.29, 0.717) is 45.4 Å². The van der Waals surface area contributed by atoms with E-state index < -0.39 is 15.6 Å². The third-order valence-corrected chi connectivity index (χ3v) is 6.00. The van der Waals surface area contributed by atoms with Crippen molar-refractivity contribution in [1.29, 1.82) is 0 Å². The molecule has 1 aromatic rings. The van der Waals surface area contributed by atoms with Crippen molar-refractivity contribution in [3.63, 3.8) is 0 Å². The highest BCUT2D eigenvalue weighted by Crippen LogP contribution is 2.11. The Kier molecular flexibility index (Phi) is 8.84. The minimum atomic E-state index is -3.44. The number of rotatable bonds is 9. The van der Waals surface area contributed by atoms with Crippen LogP contribution in [0.2, 0.25) is 0 Å². The first kappa shape index (κ1) is 23.6. The minimum absolute atomic E-state index is 0.219. The summed E-state index contributed by atoms with van der Waals surface area (Å²) in [6.07, 6.45) is 0. The van der Waals surface area contributed by atoms with Gasteiger partial charge in [-0.05, 0) is 38.6 Å².